The first kappa shape index (κ1) is 39.3. The van der Waals surface area contributed by atoms with Crippen molar-refractivity contribution in [3.8, 4) is 5.75 Å². The van der Waals surface area contributed by atoms with Gasteiger partial charge in [0, 0.05) is 6.42 Å². The largest absolute Gasteiger partial charge is 0.508 e. The lowest BCUT2D eigenvalue weighted by molar-refractivity contribution is -0.396. The molecule has 13 heteroatoms. The number of aliphatic hydroxyl groups is 1. The van der Waals surface area contributed by atoms with Crippen molar-refractivity contribution in [3.63, 3.8) is 0 Å². The molecule has 0 heterocycles. The monoisotopic (exact) mass is 714 g/mol. The molecule has 0 bridgehead atoms. The van der Waals surface area contributed by atoms with Crippen LogP contribution in [-0.4, -0.2) is 51.3 Å². The molecule has 2 saturated carbocycles. The summed E-state index contributed by atoms with van der Waals surface area (Å²) in [5.41, 5.74) is 3.32. The van der Waals surface area contributed by atoms with Crippen LogP contribution in [-0.2, 0) is 11.2 Å². The number of hydrogen-bond donors (Lipinski definition) is 3. The summed E-state index contributed by atoms with van der Waals surface area (Å²) in [5, 5.41) is 30.2. The predicted molar refractivity (Wildman–Crippen MR) is 165 cm³/mol. The van der Waals surface area contributed by atoms with Crippen LogP contribution in [0.3, 0.4) is 0 Å². The van der Waals surface area contributed by atoms with Crippen molar-refractivity contribution in [2.75, 3.05) is 0 Å². The maximum absolute atomic E-state index is 13.9. The Morgan fingerprint density at radius 3 is 2.16 bits per heavy atom. The molecule has 3 aliphatic rings. The fraction of sp³-hybridized carbons (Fsp3) is 0.750. The van der Waals surface area contributed by atoms with Crippen LogP contribution in [0.15, 0.2) is 30.4 Å². The average Bonchev–Trinajstić information content (AvgIpc) is 3.24. The zero-order chi connectivity index (χ0) is 36.6. The summed E-state index contributed by atoms with van der Waals surface area (Å²) in [5.74, 6) is -21.0. The molecule has 3 aliphatic carbocycles. The van der Waals surface area contributed by atoms with Gasteiger partial charge in [-0.05, 0) is 103 Å². The van der Waals surface area contributed by atoms with E-state index in [2.05, 4.69) is 13.5 Å². The molecule has 0 radical (unpaired) electrons. The minimum atomic E-state index is -6.98. The lowest BCUT2D eigenvalue weighted by atomic mass is 9.52. The molecular formula is C36H47F9O4. The number of halogens is 9. The minimum Gasteiger partial charge on any atom is -0.508 e. The zero-order valence-corrected chi connectivity index (χ0v) is 27.7. The van der Waals surface area contributed by atoms with Crippen LogP contribution >= 0.6 is 0 Å². The first-order valence-electron chi connectivity index (χ1n) is 17.3. The number of aliphatic carboxylic acids is 1. The Labute approximate surface area is 281 Å². The smallest absolute Gasteiger partial charge is 0.460 e. The molecule has 4 nitrogen and oxygen atoms in total. The van der Waals surface area contributed by atoms with E-state index >= 15 is 0 Å². The van der Waals surface area contributed by atoms with Gasteiger partial charge >= 0.3 is 29.9 Å². The lowest BCUT2D eigenvalue weighted by Gasteiger charge is -2.52. The van der Waals surface area contributed by atoms with E-state index in [4.69, 9.17) is 0 Å². The number of rotatable bonds is 16. The van der Waals surface area contributed by atoms with E-state index < -0.39 is 54.8 Å². The van der Waals surface area contributed by atoms with E-state index in [0.717, 1.165) is 56.9 Å². The Bertz CT molecular complexity index is 1330. The van der Waals surface area contributed by atoms with Gasteiger partial charge in [0.15, 0.2) is 0 Å². The summed E-state index contributed by atoms with van der Waals surface area (Å²) in [6.45, 7) is 6.50. The van der Waals surface area contributed by atoms with Gasteiger partial charge < -0.3 is 15.3 Å². The normalized spacial score (nSPS) is 28.1. The zero-order valence-electron chi connectivity index (χ0n) is 27.7. The molecule has 4 rings (SSSR count). The van der Waals surface area contributed by atoms with E-state index in [0.29, 0.717) is 42.9 Å². The van der Waals surface area contributed by atoms with E-state index in [1.807, 2.05) is 12.1 Å². The Hall–Kier alpha value is -2.44. The second kappa shape index (κ2) is 14.7. The fourth-order valence-corrected chi connectivity index (χ4v) is 8.97. The number of alkyl halides is 9. The van der Waals surface area contributed by atoms with Crippen molar-refractivity contribution in [3.05, 3.63) is 41.5 Å². The maximum Gasteiger partial charge on any atom is 0.460 e. The van der Waals surface area contributed by atoms with Gasteiger partial charge in [0.25, 0.3) is 0 Å². The minimum absolute atomic E-state index is 0.0966. The van der Waals surface area contributed by atoms with Crippen LogP contribution in [0, 0.1) is 29.1 Å². The van der Waals surface area contributed by atoms with Gasteiger partial charge in [0.1, 0.15) is 5.75 Å². The SMILES string of the molecule is C=C1[C@H](O)CC2C3C(CCCCCCCCCC(CCC(F)(F)C(F)(F)C(F)(F)C(F)(F)F)C(=O)O)Cc4cc(O)ccc4C3CC[C@]12C. The molecule has 0 aliphatic heterocycles. The number of unbranched alkanes of at least 4 members (excludes halogenated alkanes) is 6. The summed E-state index contributed by atoms with van der Waals surface area (Å²) in [7, 11) is 0. The van der Waals surface area contributed by atoms with Crippen LogP contribution in [0.25, 0.3) is 0 Å². The third-order valence-corrected chi connectivity index (χ3v) is 11.9. The molecule has 0 spiro atoms. The Morgan fingerprint density at radius 1 is 0.939 bits per heavy atom. The number of benzene rings is 1. The summed E-state index contributed by atoms with van der Waals surface area (Å²) in [4.78, 5) is 11.5. The molecule has 1 aromatic carbocycles. The van der Waals surface area contributed by atoms with Gasteiger partial charge in [0.05, 0.1) is 12.0 Å². The first-order chi connectivity index (χ1) is 22.7. The van der Waals surface area contributed by atoms with E-state index in [9.17, 15) is 59.6 Å². The first-order valence-corrected chi connectivity index (χ1v) is 17.3. The van der Waals surface area contributed by atoms with Crippen molar-refractivity contribution >= 4 is 5.97 Å². The Kier molecular flexibility index (Phi) is 11.8. The predicted octanol–water partition coefficient (Wildman–Crippen LogP) is 10.5. The number of hydrogen-bond acceptors (Lipinski definition) is 3. The highest BCUT2D eigenvalue weighted by molar-refractivity contribution is 5.69. The quantitative estimate of drug-likeness (QED) is 0.0905. The molecule has 49 heavy (non-hydrogen) atoms. The molecule has 0 aromatic heterocycles. The summed E-state index contributed by atoms with van der Waals surface area (Å²) >= 11 is 0. The molecule has 0 amide bonds. The van der Waals surface area contributed by atoms with Crippen molar-refractivity contribution in [1.29, 1.82) is 0 Å². The van der Waals surface area contributed by atoms with Crippen LogP contribution in [0.1, 0.15) is 114 Å². The highest BCUT2D eigenvalue weighted by atomic mass is 19.4. The molecule has 1 aromatic rings. The number of carbonyl (C=O) groups is 1. The molecule has 2 fully saturated rings. The topological polar surface area (TPSA) is 77.8 Å². The van der Waals surface area contributed by atoms with E-state index in [1.54, 1.807) is 6.07 Å². The number of phenols is 1. The number of fused-ring (bicyclic) bond motifs is 5. The Morgan fingerprint density at radius 2 is 1.55 bits per heavy atom. The average molecular weight is 715 g/mol. The highest BCUT2D eigenvalue weighted by Gasteiger charge is 2.81. The fourth-order valence-electron chi connectivity index (χ4n) is 8.97. The van der Waals surface area contributed by atoms with E-state index in [-0.39, 0.29) is 24.0 Å². The molecule has 7 atom stereocenters. The molecular weight excluding hydrogens is 667 g/mol. The molecule has 5 unspecified atom stereocenters. The second-order valence-corrected chi connectivity index (χ2v) is 14.8. The molecule has 0 saturated heterocycles. The van der Waals surface area contributed by atoms with Crippen LogP contribution in [0.4, 0.5) is 39.5 Å². The second-order valence-electron chi connectivity index (χ2n) is 14.8. The van der Waals surface area contributed by atoms with Crippen molar-refractivity contribution < 1.29 is 59.6 Å². The summed E-state index contributed by atoms with van der Waals surface area (Å²) in [6, 6.07) is 5.67. The van der Waals surface area contributed by atoms with Gasteiger partial charge in [-0.1, -0.05) is 64.5 Å². The van der Waals surface area contributed by atoms with Gasteiger partial charge in [0.2, 0.25) is 0 Å². The van der Waals surface area contributed by atoms with E-state index in [1.165, 1.54) is 11.1 Å². The van der Waals surface area contributed by atoms with Crippen molar-refractivity contribution in [2.45, 2.75) is 139 Å². The van der Waals surface area contributed by atoms with Gasteiger partial charge in [-0.25, -0.2) is 0 Å². The van der Waals surface area contributed by atoms with Gasteiger partial charge in [-0.2, -0.15) is 39.5 Å². The van der Waals surface area contributed by atoms with Crippen molar-refractivity contribution in [1.82, 2.24) is 0 Å². The number of carboxylic acid groups (broad SMARTS) is 1. The molecule has 278 valence electrons. The third kappa shape index (κ3) is 7.76. The van der Waals surface area contributed by atoms with Crippen molar-refractivity contribution in [2.24, 2.45) is 29.1 Å². The van der Waals surface area contributed by atoms with Crippen LogP contribution in [0.2, 0.25) is 0 Å². The van der Waals surface area contributed by atoms with Gasteiger partial charge in [-0.15, -0.1) is 0 Å². The number of phenolic OH excluding ortho intramolecular Hbond substituents is 1. The summed E-state index contributed by atoms with van der Waals surface area (Å²) in [6.07, 6.45) is -1.29. The number of carboxylic acids is 1. The molecule has 3 N–H and O–H groups in total. The third-order valence-electron chi connectivity index (χ3n) is 11.9. The van der Waals surface area contributed by atoms with Gasteiger partial charge in [-0.3, -0.25) is 4.79 Å². The standard InChI is InChI=1S/C36H47F9O4/c1-21-29(47)20-28-30-23(18-24-19-25(46)12-13-26(24)27(30)15-16-32(21,28)2)11-9-7-5-3-4-6-8-10-22(31(48)49)14-17-33(37,38)34(39,40)35(41,42)36(43,44)45/h12-13,19,22-23,27-30,46-47H,1,3-11,14-18,20H2,2H3,(H,48,49)/t22?,23?,27?,28?,29-,30?,32-/m1/s1. The van der Waals surface area contributed by atoms with Crippen LogP contribution < -0.4 is 0 Å². The number of aromatic hydroxyl groups is 1. The summed E-state index contributed by atoms with van der Waals surface area (Å²) < 4.78 is 118. The highest BCUT2D eigenvalue weighted by Crippen LogP contribution is 2.64. The lowest BCUT2D eigenvalue weighted by Crippen LogP contribution is -2.60. The Balaban J connectivity index is 1.21. The number of aliphatic hydroxyl groups excluding tert-OH is 1. The van der Waals surface area contributed by atoms with Crippen LogP contribution in [0.5, 0.6) is 5.75 Å². The maximum atomic E-state index is 13.9.